The Bertz CT molecular complexity index is 1130. The van der Waals surface area contributed by atoms with Crippen LogP contribution in [0.2, 0.25) is 5.02 Å². The average molecular weight is 426 g/mol. The quantitative estimate of drug-likeness (QED) is 0.363. The lowest BCUT2D eigenvalue weighted by molar-refractivity contribution is 0.288. The van der Waals surface area contributed by atoms with Crippen LogP contribution in [0.15, 0.2) is 54.2 Å². The Hall–Kier alpha value is -2.83. The summed E-state index contributed by atoms with van der Waals surface area (Å²) < 4.78 is 11.4. The van der Waals surface area contributed by atoms with Crippen LogP contribution in [-0.2, 0) is 0 Å². The first-order valence-electron chi connectivity index (χ1n) is 9.34. The molecule has 4 aromatic rings. The smallest absolute Gasteiger partial charge is 0.163 e. The summed E-state index contributed by atoms with van der Waals surface area (Å²) in [7, 11) is 0. The van der Waals surface area contributed by atoms with E-state index in [2.05, 4.69) is 20.7 Å². The summed E-state index contributed by atoms with van der Waals surface area (Å²) >= 11 is 7.64. The highest BCUT2D eigenvalue weighted by atomic mass is 35.5. The normalized spacial score (nSPS) is 10.9. The molecule has 29 heavy (non-hydrogen) atoms. The number of halogens is 1. The summed E-state index contributed by atoms with van der Waals surface area (Å²) in [6.07, 6.45) is 1.57. The minimum absolute atomic E-state index is 0.562. The number of thiophene rings is 1. The minimum atomic E-state index is 0.562. The van der Waals surface area contributed by atoms with Gasteiger partial charge in [0.1, 0.15) is 17.0 Å². The van der Waals surface area contributed by atoms with Crippen LogP contribution in [0.4, 0.5) is 11.5 Å². The first kappa shape index (κ1) is 19.5. The SMILES string of the molecule is CCOc1ccc(Nc2ncnc3scc(-c4ccc(Cl)cc4)c23)cc1OCC. The molecule has 2 aromatic carbocycles. The van der Waals surface area contributed by atoms with Gasteiger partial charge < -0.3 is 14.8 Å². The van der Waals surface area contributed by atoms with Gasteiger partial charge in [-0.25, -0.2) is 9.97 Å². The molecule has 0 bridgehead atoms. The number of ether oxygens (including phenoxy) is 2. The van der Waals surface area contributed by atoms with Crippen LogP contribution in [0.25, 0.3) is 21.3 Å². The number of anilines is 2. The van der Waals surface area contributed by atoms with Gasteiger partial charge in [-0.3, -0.25) is 0 Å². The molecule has 0 atom stereocenters. The van der Waals surface area contributed by atoms with Gasteiger partial charge in [0.15, 0.2) is 11.5 Å². The van der Waals surface area contributed by atoms with Crippen LogP contribution in [0.5, 0.6) is 11.5 Å². The molecule has 1 N–H and O–H groups in total. The maximum absolute atomic E-state index is 6.05. The van der Waals surface area contributed by atoms with Gasteiger partial charge in [-0.05, 0) is 43.7 Å². The molecule has 0 saturated heterocycles. The Kier molecular flexibility index (Phi) is 5.83. The van der Waals surface area contributed by atoms with E-state index in [1.54, 1.807) is 17.7 Å². The zero-order chi connectivity index (χ0) is 20.2. The summed E-state index contributed by atoms with van der Waals surface area (Å²) in [5, 5.41) is 7.20. The van der Waals surface area contributed by atoms with Crippen LogP contribution in [0, 0.1) is 0 Å². The van der Waals surface area contributed by atoms with Gasteiger partial charge in [0, 0.05) is 27.7 Å². The molecule has 0 fully saturated rings. The van der Waals surface area contributed by atoms with Crippen molar-refractivity contribution in [2.75, 3.05) is 18.5 Å². The summed E-state index contributed by atoms with van der Waals surface area (Å²) in [5.74, 6) is 2.17. The molecule has 0 unspecified atom stereocenters. The van der Waals surface area contributed by atoms with Crippen molar-refractivity contribution in [2.45, 2.75) is 13.8 Å². The number of fused-ring (bicyclic) bond motifs is 1. The number of aromatic nitrogens is 2. The second kappa shape index (κ2) is 8.68. The standard InChI is InChI=1S/C22H20ClN3O2S/c1-3-27-18-10-9-16(11-19(18)28-4-2)26-21-20-17(12-29-22(20)25-13-24-21)14-5-7-15(23)8-6-14/h5-13H,3-4H2,1-2H3,(H,24,25,26). The molecule has 4 rings (SSSR count). The maximum atomic E-state index is 6.05. The van der Waals surface area contributed by atoms with Crippen molar-refractivity contribution < 1.29 is 9.47 Å². The number of nitrogens with zero attached hydrogens (tertiary/aromatic N) is 2. The number of hydrogen-bond acceptors (Lipinski definition) is 6. The predicted octanol–water partition coefficient (Wildman–Crippen LogP) is 6.55. The topological polar surface area (TPSA) is 56.3 Å². The molecule has 0 amide bonds. The van der Waals surface area contributed by atoms with E-state index in [4.69, 9.17) is 21.1 Å². The van der Waals surface area contributed by atoms with E-state index >= 15 is 0 Å². The minimum Gasteiger partial charge on any atom is -0.490 e. The van der Waals surface area contributed by atoms with E-state index in [1.165, 1.54) is 0 Å². The van der Waals surface area contributed by atoms with Gasteiger partial charge >= 0.3 is 0 Å². The third-order valence-corrected chi connectivity index (χ3v) is 5.47. The van der Waals surface area contributed by atoms with Crippen molar-refractivity contribution in [1.82, 2.24) is 9.97 Å². The van der Waals surface area contributed by atoms with E-state index in [0.29, 0.717) is 24.0 Å². The van der Waals surface area contributed by atoms with E-state index in [0.717, 1.165) is 38.6 Å². The molecule has 0 spiro atoms. The average Bonchev–Trinajstić information content (AvgIpc) is 3.16. The zero-order valence-electron chi connectivity index (χ0n) is 16.1. The Morgan fingerprint density at radius 2 is 1.72 bits per heavy atom. The van der Waals surface area contributed by atoms with Crippen LogP contribution >= 0.6 is 22.9 Å². The molecular weight excluding hydrogens is 406 g/mol. The second-order valence-corrected chi connectivity index (χ2v) is 7.51. The Morgan fingerprint density at radius 1 is 0.966 bits per heavy atom. The second-order valence-electron chi connectivity index (χ2n) is 6.21. The van der Waals surface area contributed by atoms with Crippen molar-refractivity contribution in [1.29, 1.82) is 0 Å². The van der Waals surface area contributed by atoms with Gasteiger partial charge in [-0.1, -0.05) is 23.7 Å². The highest BCUT2D eigenvalue weighted by Crippen LogP contribution is 2.38. The molecule has 5 nitrogen and oxygen atoms in total. The summed E-state index contributed by atoms with van der Waals surface area (Å²) in [6, 6.07) is 13.6. The molecule has 0 saturated carbocycles. The third kappa shape index (κ3) is 4.13. The Morgan fingerprint density at radius 3 is 2.48 bits per heavy atom. The van der Waals surface area contributed by atoms with Crippen LogP contribution in [0.1, 0.15) is 13.8 Å². The lowest BCUT2D eigenvalue weighted by atomic mass is 10.1. The summed E-state index contributed by atoms with van der Waals surface area (Å²) in [6.45, 7) is 5.05. The fourth-order valence-corrected chi connectivity index (χ4v) is 4.12. The van der Waals surface area contributed by atoms with Crippen LogP contribution in [-0.4, -0.2) is 23.2 Å². The number of rotatable bonds is 7. The fraction of sp³-hybridized carbons (Fsp3) is 0.182. The lowest BCUT2D eigenvalue weighted by Gasteiger charge is -2.14. The van der Waals surface area contributed by atoms with E-state index < -0.39 is 0 Å². The van der Waals surface area contributed by atoms with E-state index in [9.17, 15) is 0 Å². The van der Waals surface area contributed by atoms with Crippen molar-refractivity contribution in [3.63, 3.8) is 0 Å². The van der Waals surface area contributed by atoms with Gasteiger partial charge in [-0.2, -0.15) is 0 Å². The maximum Gasteiger partial charge on any atom is 0.163 e. The third-order valence-electron chi connectivity index (χ3n) is 4.33. The Labute approximate surface area is 178 Å². The van der Waals surface area contributed by atoms with Gasteiger partial charge in [-0.15, -0.1) is 11.3 Å². The molecule has 2 aromatic heterocycles. The predicted molar refractivity (Wildman–Crippen MR) is 120 cm³/mol. The van der Waals surface area contributed by atoms with Crippen molar-refractivity contribution in [3.05, 3.63) is 59.2 Å². The summed E-state index contributed by atoms with van der Waals surface area (Å²) in [4.78, 5) is 9.85. The molecule has 2 heterocycles. The first-order chi connectivity index (χ1) is 14.2. The lowest BCUT2D eigenvalue weighted by Crippen LogP contribution is -2.00. The van der Waals surface area contributed by atoms with Gasteiger partial charge in [0.2, 0.25) is 0 Å². The van der Waals surface area contributed by atoms with Crippen molar-refractivity contribution >= 4 is 44.7 Å². The van der Waals surface area contributed by atoms with Crippen molar-refractivity contribution in [3.8, 4) is 22.6 Å². The van der Waals surface area contributed by atoms with Crippen LogP contribution in [0.3, 0.4) is 0 Å². The zero-order valence-corrected chi connectivity index (χ0v) is 17.7. The van der Waals surface area contributed by atoms with Crippen molar-refractivity contribution in [2.24, 2.45) is 0 Å². The molecule has 0 aliphatic rings. The molecule has 0 aliphatic heterocycles. The molecule has 0 radical (unpaired) electrons. The van der Waals surface area contributed by atoms with E-state index in [-0.39, 0.29) is 0 Å². The highest BCUT2D eigenvalue weighted by Gasteiger charge is 2.14. The molecular formula is C22H20ClN3O2S. The number of nitrogens with one attached hydrogen (secondary N) is 1. The molecule has 148 valence electrons. The largest absolute Gasteiger partial charge is 0.490 e. The van der Waals surface area contributed by atoms with Crippen LogP contribution < -0.4 is 14.8 Å². The number of hydrogen-bond donors (Lipinski definition) is 1. The van der Waals surface area contributed by atoms with Gasteiger partial charge in [0.25, 0.3) is 0 Å². The highest BCUT2D eigenvalue weighted by molar-refractivity contribution is 7.17. The summed E-state index contributed by atoms with van der Waals surface area (Å²) in [5.41, 5.74) is 3.01. The number of benzene rings is 2. The molecule has 0 aliphatic carbocycles. The monoisotopic (exact) mass is 425 g/mol. The first-order valence-corrected chi connectivity index (χ1v) is 10.6. The van der Waals surface area contributed by atoms with Gasteiger partial charge in [0.05, 0.1) is 18.6 Å². The Balaban J connectivity index is 1.74. The fourth-order valence-electron chi connectivity index (χ4n) is 3.08. The molecule has 7 heteroatoms. The van der Waals surface area contributed by atoms with E-state index in [1.807, 2.05) is 56.3 Å².